The molecule has 0 saturated heterocycles. The van der Waals surface area contributed by atoms with Gasteiger partial charge in [-0.1, -0.05) is 6.07 Å². The number of imidazole rings is 1. The number of fused-ring (bicyclic) bond motifs is 1. The quantitative estimate of drug-likeness (QED) is 0.528. The zero-order valence-electron chi connectivity index (χ0n) is 15.1. The largest absolute Gasteiger partial charge is 0.307 e. The third kappa shape index (κ3) is 3.74. The van der Waals surface area contributed by atoms with Crippen LogP contribution in [0.15, 0.2) is 53.8 Å². The van der Waals surface area contributed by atoms with Crippen LogP contribution in [0.4, 0.5) is 0 Å². The second-order valence-electron chi connectivity index (χ2n) is 6.45. The van der Waals surface area contributed by atoms with Crippen molar-refractivity contribution in [2.75, 3.05) is 0 Å². The van der Waals surface area contributed by atoms with Gasteiger partial charge in [-0.3, -0.25) is 19.4 Å². The van der Waals surface area contributed by atoms with Gasteiger partial charge in [-0.25, -0.2) is 4.98 Å². The summed E-state index contributed by atoms with van der Waals surface area (Å²) in [6.07, 6.45) is 9.21. The maximum absolute atomic E-state index is 4.66. The summed E-state index contributed by atoms with van der Waals surface area (Å²) in [5.41, 5.74) is 7.15. The summed E-state index contributed by atoms with van der Waals surface area (Å²) < 4.78 is 2.89. The predicted molar refractivity (Wildman–Crippen MR) is 108 cm³/mol. The highest BCUT2D eigenvalue weighted by molar-refractivity contribution is 9.10. The number of rotatable bonds is 5. The lowest BCUT2D eigenvalue weighted by Crippen LogP contribution is -2.15. The Morgan fingerprint density at radius 1 is 1.00 bits per heavy atom. The summed E-state index contributed by atoms with van der Waals surface area (Å²) in [6, 6.07) is 6.22. The Labute approximate surface area is 165 Å². The zero-order valence-corrected chi connectivity index (χ0v) is 16.7. The van der Waals surface area contributed by atoms with Gasteiger partial charge in [0.15, 0.2) is 5.65 Å². The Balaban J connectivity index is 1.46. The first-order chi connectivity index (χ1) is 13.1. The Hall–Kier alpha value is -2.64. The highest BCUT2D eigenvalue weighted by Gasteiger charge is 2.08. The van der Waals surface area contributed by atoms with E-state index in [2.05, 4.69) is 60.2 Å². The summed E-state index contributed by atoms with van der Waals surface area (Å²) in [7, 11) is 0. The van der Waals surface area contributed by atoms with Gasteiger partial charge in [0.2, 0.25) is 0 Å². The zero-order chi connectivity index (χ0) is 18.8. The molecule has 4 aromatic heterocycles. The Kier molecular flexibility index (Phi) is 4.96. The van der Waals surface area contributed by atoms with Crippen molar-refractivity contribution < 1.29 is 0 Å². The molecule has 0 spiro atoms. The van der Waals surface area contributed by atoms with Crippen molar-refractivity contribution in [2.45, 2.75) is 26.9 Å². The average molecular weight is 423 g/mol. The molecule has 4 aromatic rings. The number of aromatic nitrogens is 5. The standard InChI is InChI=1S/C20H19BrN6/c1-13-7-15(10-25-19(13)16-3-4-23-14(2)8-16)9-22-11-17-20-26-12-18(21)27(20)6-5-24-17/h3-8,10,12,22H,9,11H2,1-2H3. The van der Waals surface area contributed by atoms with Crippen LogP contribution in [0.3, 0.4) is 0 Å². The summed E-state index contributed by atoms with van der Waals surface area (Å²) in [5.74, 6) is 0. The van der Waals surface area contributed by atoms with Crippen LogP contribution in [0.2, 0.25) is 0 Å². The maximum atomic E-state index is 4.66. The van der Waals surface area contributed by atoms with Crippen LogP contribution in [-0.4, -0.2) is 24.3 Å². The molecule has 0 fully saturated rings. The number of nitrogens with zero attached hydrogens (tertiary/aromatic N) is 5. The number of aryl methyl sites for hydroxylation is 2. The van der Waals surface area contributed by atoms with Crippen molar-refractivity contribution >= 4 is 21.6 Å². The molecular formula is C20H19BrN6. The van der Waals surface area contributed by atoms with Crippen molar-refractivity contribution in [3.05, 3.63) is 76.3 Å². The lowest BCUT2D eigenvalue weighted by molar-refractivity contribution is 0.677. The summed E-state index contributed by atoms with van der Waals surface area (Å²) >= 11 is 3.48. The van der Waals surface area contributed by atoms with E-state index in [0.717, 1.165) is 44.0 Å². The molecule has 0 bridgehead atoms. The molecule has 136 valence electrons. The van der Waals surface area contributed by atoms with Gasteiger partial charge in [0.05, 0.1) is 17.6 Å². The van der Waals surface area contributed by atoms with Gasteiger partial charge < -0.3 is 5.32 Å². The lowest BCUT2D eigenvalue weighted by Gasteiger charge is -2.10. The molecule has 0 saturated carbocycles. The van der Waals surface area contributed by atoms with Crippen LogP contribution in [0.25, 0.3) is 16.9 Å². The molecule has 0 atom stereocenters. The summed E-state index contributed by atoms with van der Waals surface area (Å²) in [6.45, 7) is 5.43. The SMILES string of the molecule is Cc1cc(-c2ncc(CNCc3nccn4c(Br)cnc34)cc2C)ccn1. The Bertz CT molecular complexity index is 1100. The molecule has 0 aliphatic heterocycles. The number of nitrogens with one attached hydrogen (secondary N) is 1. The fourth-order valence-electron chi connectivity index (χ4n) is 3.12. The number of pyridine rings is 2. The first-order valence-corrected chi connectivity index (χ1v) is 9.47. The van der Waals surface area contributed by atoms with Crippen molar-refractivity contribution in [3.63, 3.8) is 0 Å². The molecule has 0 radical (unpaired) electrons. The van der Waals surface area contributed by atoms with Gasteiger partial charge in [0.25, 0.3) is 0 Å². The average Bonchev–Trinajstić information content (AvgIpc) is 3.04. The van der Waals surface area contributed by atoms with Gasteiger partial charge in [0.1, 0.15) is 4.60 Å². The monoisotopic (exact) mass is 422 g/mol. The minimum atomic E-state index is 0.637. The second-order valence-corrected chi connectivity index (χ2v) is 7.26. The predicted octanol–water partition coefficient (Wildman–Crippen LogP) is 3.86. The minimum absolute atomic E-state index is 0.637. The van der Waals surface area contributed by atoms with E-state index >= 15 is 0 Å². The smallest absolute Gasteiger partial charge is 0.160 e. The van der Waals surface area contributed by atoms with Gasteiger partial charge in [0, 0.05) is 49.1 Å². The maximum Gasteiger partial charge on any atom is 0.160 e. The van der Waals surface area contributed by atoms with E-state index in [1.54, 1.807) is 12.4 Å². The van der Waals surface area contributed by atoms with Crippen LogP contribution in [0.1, 0.15) is 22.5 Å². The van der Waals surface area contributed by atoms with Crippen molar-refractivity contribution in [2.24, 2.45) is 0 Å². The fraction of sp³-hybridized carbons (Fsp3) is 0.200. The summed E-state index contributed by atoms with van der Waals surface area (Å²) in [5, 5.41) is 3.43. The minimum Gasteiger partial charge on any atom is -0.307 e. The Morgan fingerprint density at radius 3 is 2.70 bits per heavy atom. The lowest BCUT2D eigenvalue weighted by atomic mass is 10.1. The molecule has 0 unspecified atom stereocenters. The summed E-state index contributed by atoms with van der Waals surface area (Å²) in [4.78, 5) is 17.8. The molecule has 7 heteroatoms. The van der Waals surface area contributed by atoms with E-state index in [1.807, 2.05) is 36.0 Å². The van der Waals surface area contributed by atoms with Gasteiger partial charge in [-0.05, 0) is 53.0 Å². The van der Waals surface area contributed by atoms with E-state index in [1.165, 1.54) is 0 Å². The van der Waals surface area contributed by atoms with Crippen LogP contribution in [0, 0.1) is 13.8 Å². The van der Waals surface area contributed by atoms with Crippen molar-refractivity contribution in [1.29, 1.82) is 0 Å². The first-order valence-electron chi connectivity index (χ1n) is 8.67. The van der Waals surface area contributed by atoms with Crippen molar-refractivity contribution in [1.82, 2.24) is 29.7 Å². The first kappa shape index (κ1) is 17.8. The Morgan fingerprint density at radius 2 is 1.89 bits per heavy atom. The van der Waals surface area contributed by atoms with Crippen molar-refractivity contribution in [3.8, 4) is 11.3 Å². The normalized spacial score (nSPS) is 11.2. The molecule has 27 heavy (non-hydrogen) atoms. The van der Waals surface area contributed by atoms with Gasteiger partial charge in [-0.15, -0.1) is 0 Å². The van der Waals surface area contributed by atoms with Gasteiger partial charge >= 0.3 is 0 Å². The molecule has 0 aliphatic carbocycles. The van der Waals surface area contributed by atoms with Crippen LogP contribution < -0.4 is 5.32 Å². The highest BCUT2D eigenvalue weighted by atomic mass is 79.9. The van der Waals surface area contributed by atoms with E-state index in [4.69, 9.17) is 0 Å². The molecule has 0 aliphatic rings. The fourth-order valence-corrected chi connectivity index (χ4v) is 3.51. The molecule has 0 amide bonds. The van der Waals surface area contributed by atoms with E-state index in [-0.39, 0.29) is 0 Å². The molecule has 4 rings (SSSR count). The van der Waals surface area contributed by atoms with Crippen LogP contribution in [-0.2, 0) is 13.1 Å². The molecule has 6 nitrogen and oxygen atoms in total. The number of hydrogen-bond donors (Lipinski definition) is 1. The molecule has 0 aromatic carbocycles. The van der Waals surface area contributed by atoms with E-state index in [9.17, 15) is 0 Å². The second kappa shape index (κ2) is 7.54. The van der Waals surface area contributed by atoms with E-state index < -0.39 is 0 Å². The number of halogens is 1. The highest BCUT2D eigenvalue weighted by Crippen LogP contribution is 2.22. The van der Waals surface area contributed by atoms with E-state index in [0.29, 0.717) is 13.1 Å². The van der Waals surface area contributed by atoms with Gasteiger partial charge in [-0.2, -0.15) is 0 Å². The number of hydrogen-bond acceptors (Lipinski definition) is 5. The van der Waals surface area contributed by atoms with Crippen LogP contribution >= 0.6 is 15.9 Å². The third-order valence-corrected chi connectivity index (χ3v) is 4.97. The molecule has 1 N–H and O–H groups in total. The third-order valence-electron chi connectivity index (χ3n) is 4.38. The molecule has 4 heterocycles. The van der Waals surface area contributed by atoms with Crippen LogP contribution in [0.5, 0.6) is 0 Å². The topological polar surface area (TPSA) is 68.0 Å². The molecular weight excluding hydrogens is 404 g/mol.